The molecule has 0 aromatic heterocycles. The maximum Gasteiger partial charge on any atom is 0.326 e. The predicted octanol–water partition coefficient (Wildman–Crippen LogP) is 1.81. The number of benzene rings is 1. The van der Waals surface area contributed by atoms with Gasteiger partial charge in [-0.15, -0.1) is 0 Å². The first-order valence-corrected chi connectivity index (χ1v) is 9.90. The lowest BCUT2D eigenvalue weighted by Crippen LogP contribution is -2.46. The number of carboxylic acid groups (broad SMARTS) is 2. The van der Waals surface area contributed by atoms with Crippen LogP contribution in [0.15, 0.2) is 24.3 Å². The summed E-state index contributed by atoms with van der Waals surface area (Å²) in [5.74, 6) is -2.53. The highest BCUT2D eigenvalue weighted by molar-refractivity contribution is 14.1. The fourth-order valence-corrected chi connectivity index (χ4v) is 2.63. The first kappa shape index (κ1) is 23.7. The van der Waals surface area contributed by atoms with Gasteiger partial charge < -0.3 is 26.2 Å². The van der Waals surface area contributed by atoms with Crippen LogP contribution in [-0.2, 0) is 9.59 Å². The summed E-state index contributed by atoms with van der Waals surface area (Å²) in [6.45, 7) is 0.871. The molecule has 5 N–H and O–H groups in total. The van der Waals surface area contributed by atoms with Gasteiger partial charge in [-0.3, -0.25) is 9.59 Å². The minimum atomic E-state index is -1.28. The molecule has 0 aliphatic rings. The fraction of sp³-hybridized carbons (Fsp3) is 0.444. The van der Waals surface area contributed by atoms with Gasteiger partial charge in [0, 0.05) is 28.6 Å². The number of urea groups is 1. The normalized spacial score (nSPS) is 11.3. The third-order valence-electron chi connectivity index (χ3n) is 3.78. The molecule has 0 aliphatic heterocycles. The lowest BCUT2D eigenvalue weighted by atomic mass is 10.1. The number of rotatable bonds is 12. The van der Waals surface area contributed by atoms with E-state index in [0.717, 1.165) is 16.4 Å². The number of hydrogen-bond donors (Lipinski definition) is 5. The molecule has 154 valence electrons. The van der Waals surface area contributed by atoms with E-state index in [2.05, 4.69) is 38.5 Å². The summed E-state index contributed by atoms with van der Waals surface area (Å²) in [6, 6.07) is 5.37. The number of carbonyl (C=O) groups excluding carboxylic acids is 2. The van der Waals surface area contributed by atoms with Crippen LogP contribution in [0.2, 0.25) is 0 Å². The van der Waals surface area contributed by atoms with Gasteiger partial charge in [0.1, 0.15) is 6.04 Å². The monoisotopic (exact) mass is 505 g/mol. The van der Waals surface area contributed by atoms with Crippen LogP contribution in [0.4, 0.5) is 4.79 Å². The smallest absolute Gasteiger partial charge is 0.326 e. The van der Waals surface area contributed by atoms with Crippen LogP contribution >= 0.6 is 22.6 Å². The molecule has 1 aromatic rings. The van der Waals surface area contributed by atoms with Crippen LogP contribution in [0.5, 0.6) is 0 Å². The molecule has 0 aliphatic carbocycles. The second-order valence-electron chi connectivity index (χ2n) is 6.05. The Kier molecular flexibility index (Phi) is 10.9. The van der Waals surface area contributed by atoms with Crippen molar-refractivity contribution in [1.82, 2.24) is 16.0 Å². The average molecular weight is 505 g/mol. The van der Waals surface area contributed by atoms with Crippen molar-refractivity contribution in [3.63, 3.8) is 0 Å². The summed E-state index contributed by atoms with van der Waals surface area (Å²) in [7, 11) is 0. The summed E-state index contributed by atoms with van der Waals surface area (Å²) >= 11 is 2.17. The minimum Gasteiger partial charge on any atom is -0.481 e. The van der Waals surface area contributed by atoms with Crippen molar-refractivity contribution in [1.29, 1.82) is 0 Å². The van der Waals surface area contributed by atoms with Gasteiger partial charge in [0.2, 0.25) is 0 Å². The predicted molar refractivity (Wildman–Crippen MR) is 110 cm³/mol. The van der Waals surface area contributed by atoms with Crippen molar-refractivity contribution in [3.8, 4) is 0 Å². The molecule has 1 unspecified atom stereocenters. The van der Waals surface area contributed by atoms with E-state index in [4.69, 9.17) is 10.2 Å². The molecule has 0 saturated carbocycles. The van der Waals surface area contributed by atoms with Gasteiger partial charge in [-0.2, -0.15) is 0 Å². The number of halogens is 1. The van der Waals surface area contributed by atoms with Gasteiger partial charge >= 0.3 is 18.0 Å². The maximum atomic E-state index is 11.9. The molecule has 0 spiro atoms. The summed E-state index contributed by atoms with van der Waals surface area (Å²) in [5.41, 5.74) is 0.606. The largest absolute Gasteiger partial charge is 0.481 e. The minimum absolute atomic E-state index is 0.130. The van der Waals surface area contributed by atoms with Gasteiger partial charge in [-0.25, -0.2) is 9.59 Å². The summed E-state index contributed by atoms with van der Waals surface area (Å²) in [6.07, 6.45) is 1.66. The molecule has 0 heterocycles. The highest BCUT2D eigenvalue weighted by Gasteiger charge is 2.20. The number of unbranched alkanes of at least 4 members (excludes halogenated alkanes) is 2. The van der Waals surface area contributed by atoms with Crippen molar-refractivity contribution in [2.75, 3.05) is 13.1 Å². The highest BCUT2D eigenvalue weighted by Crippen LogP contribution is 2.06. The third kappa shape index (κ3) is 10.1. The Morgan fingerprint density at radius 2 is 1.54 bits per heavy atom. The summed E-state index contributed by atoms with van der Waals surface area (Å²) in [4.78, 5) is 45.1. The zero-order chi connectivity index (χ0) is 20.9. The Morgan fingerprint density at radius 1 is 0.929 bits per heavy atom. The molecule has 0 bridgehead atoms. The quantitative estimate of drug-likeness (QED) is 0.217. The van der Waals surface area contributed by atoms with E-state index in [9.17, 15) is 19.2 Å². The zero-order valence-electron chi connectivity index (χ0n) is 15.2. The molecule has 10 heteroatoms. The van der Waals surface area contributed by atoms with Gasteiger partial charge in [0.05, 0.1) is 0 Å². The Hall–Kier alpha value is -2.37. The first-order valence-electron chi connectivity index (χ1n) is 8.82. The average Bonchev–Trinajstić information content (AvgIpc) is 2.64. The van der Waals surface area contributed by atoms with E-state index in [0.29, 0.717) is 25.1 Å². The van der Waals surface area contributed by atoms with Crippen molar-refractivity contribution >= 4 is 46.5 Å². The molecule has 0 saturated heterocycles. The number of aliphatic carboxylic acids is 2. The Bertz CT molecular complexity index is 680. The number of amides is 3. The van der Waals surface area contributed by atoms with Gasteiger partial charge in [-0.05, 0) is 72.5 Å². The van der Waals surface area contributed by atoms with Crippen molar-refractivity contribution < 1.29 is 29.4 Å². The third-order valence-corrected chi connectivity index (χ3v) is 4.50. The topological polar surface area (TPSA) is 145 Å². The second kappa shape index (κ2) is 12.9. The Labute approximate surface area is 176 Å². The molecular weight excluding hydrogens is 481 g/mol. The van der Waals surface area contributed by atoms with Crippen LogP contribution in [0.1, 0.15) is 42.5 Å². The standard InChI is InChI=1S/C18H24IN3O6/c19-13-6-4-12(5-7-13)16(25)20-10-2-1-3-11-21-18(28)22-14(17(26)27)8-9-15(23)24/h4-7,14H,1-3,8-11H2,(H,20,25)(H,23,24)(H,26,27)(H2,21,22,28). The van der Waals surface area contributed by atoms with Crippen molar-refractivity contribution in [2.45, 2.75) is 38.1 Å². The van der Waals surface area contributed by atoms with E-state index >= 15 is 0 Å². The number of carbonyl (C=O) groups is 4. The lowest BCUT2D eigenvalue weighted by Gasteiger charge is -2.14. The maximum absolute atomic E-state index is 11.9. The number of carboxylic acids is 2. The van der Waals surface area contributed by atoms with E-state index in [1.54, 1.807) is 12.1 Å². The Balaban J connectivity index is 2.13. The van der Waals surface area contributed by atoms with E-state index < -0.39 is 24.0 Å². The van der Waals surface area contributed by atoms with Crippen LogP contribution in [0.25, 0.3) is 0 Å². The number of hydrogen-bond acceptors (Lipinski definition) is 4. The molecule has 0 fully saturated rings. The highest BCUT2D eigenvalue weighted by atomic mass is 127. The second-order valence-corrected chi connectivity index (χ2v) is 7.29. The SMILES string of the molecule is O=C(O)CCC(NC(=O)NCCCCCNC(=O)c1ccc(I)cc1)C(=O)O. The van der Waals surface area contributed by atoms with Gasteiger partial charge in [0.25, 0.3) is 5.91 Å². The number of nitrogens with one attached hydrogen (secondary N) is 3. The molecule has 9 nitrogen and oxygen atoms in total. The van der Waals surface area contributed by atoms with Crippen LogP contribution < -0.4 is 16.0 Å². The first-order chi connectivity index (χ1) is 13.3. The summed E-state index contributed by atoms with van der Waals surface area (Å²) in [5, 5.41) is 25.2. The van der Waals surface area contributed by atoms with Gasteiger partial charge in [-0.1, -0.05) is 0 Å². The molecule has 3 amide bonds. The van der Waals surface area contributed by atoms with Crippen LogP contribution in [0.3, 0.4) is 0 Å². The molecule has 1 rings (SSSR count). The van der Waals surface area contributed by atoms with Crippen LogP contribution in [0, 0.1) is 3.57 Å². The lowest BCUT2D eigenvalue weighted by molar-refractivity contribution is -0.140. The summed E-state index contributed by atoms with van der Waals surface area (Å²) < 4.78 is 1.06. The van der Waals surface area contributed by atoms with Crippen LogP contribution in [-0.4, -0.2) is 53.2 Å². The molecule has 28 heavy (non-hydrogen) atoms. The molecule has 1 atom stereocenters. The van der Waals surface area contributed by atoms with Crippen molar-refractivity contribution in [3.05, 3.63) is 33.4 Å². The van der Waals surface area contributed by atoms with E-state index in [1.165, 1.54) is 0 Å². The zero-order valence-corrected chi connectivity index (χ0v) is 17.4. The molecule has 1 aromatic carbocycles. The van der Waals surface area contributed by atoms with Gasteiger partial charge in [0.15, 0.2) is 0 Å². The Morgan fingerprint density at radius 3 is 2.11 bits per heavy atom. The van der Waals surface area contributed by atoms with Crippen molar-refractivity contribution in [2.24, 2.45) is 0 Å². The van der Waals surface area contributed by atoms with E-state index in [-0.39, 0.29) is 18.7 Å². The molecule has 0 radical (unpaired) electrons. The van der Waals surface area contributed by atoms with E-state index in [1.807, 2.05) is 12.1 Å². The fourth-order valence-electron chi connectivity index (χ4n) is 2.27. The molecular formula is C18H24IN3O6.